The zero-order valence-corrected chi connectivity index (χ0v) is 13.4. The summed E-state index contributed by atoms with van der Waals surface area (Å²) in [6.07, 6.45) is 0.675. The molecule has 1 aliphatic heterocycles. The number of H-pyrrole nitrogens is 1. The average Bonchev–Trinajstić information content (AvgIpc) is 3.27. The van der Waals surface area contributed by atoms with Gasteiger partial charge in [0.1, 0.15) is 11.5 Å². The molecule has 4 rings (SSSR count). The van der Waals surface area contributed by atoms with Crippen LogP contribution in [0.5, 0.6) is 5.75 Å². The van der Waals surface area contributed by atoms with Crippen LogP contribution >= 0.6 is 0 Å². The molecule has 0 radical (unpaired) electrons. The molecule has 0 saturated carbocycles. The third-order valence-corrected chi connectivity index (χ3v) is 4.22. The molecule has 25 heavy (non-hydrogen) atoms. The Bertz CT molecular complexity index is 978. The van der Waals surface area contributed by atoms with Crippen molar-refractivity contribution in [2.45, 2.75) is 12.5 Å². The maximum atomic E-state index is 10.9. The van der Waals surface area contributed by atoms with Crippen molar-refractivity contribution in [2.24, 2.45) is 5.10 Å². The molecule has 0 aliphatic carbocycles. The van der Waals surface area contributed by atoms with E-state index in [0.29, 0.717) is 23.3 Å². The van der Waals surface area contributed by atoms with Gasteiger partial charge in [-0.05, 0) is 23.8 Å². The van der Waals surface area contributed by atoms with Crippen LogP contribution in [0.25, 0.3) is 11.0 Å². The molecule has 1 aliphatic rings. The normalized spacial score (nSPS) is 16.5. The molecule has 1 aromatic heterocycles. The highest BCUT2D eigenvalue weighted by atomic mass is 16.6. The first-order valence-corrected chi connectivity index (χ1v) is 7.74. The lowest BCUT2D eigenvalue weighted by Crippen LogP contribution is -2.09. The second-order valence-corrected chi connectivity index (χ2v) is 5.76. The molecular formula is C17H15N5O3. The van der Waals surface area contributed by atoms with Crippen molar-refractivity contribution in [3.05, 3.63) is 64.0 Å². The number of ether oxygens (including phenoxy) is 1. The number of aromatic nitrogens is 2. The van der Waals surface area contributed by atoms with E-state index in [0.717, 1.165) is 17.0 Å². The molecule has 0 unspecified atom stereocenters. The predicted octanol–water partition coefficient (Wildman–Crippen LogP) is 2.92. The Morgan fingerprint density at radius 2 is 2.04 bits per heavy atom. The molecule has 8 nitrogen and oxygen atoms in total. The number of aromatic amines is 1. The SMILES string of the molecule is COc1ccc([C@@H]2CC(c3nc4ccc([N+](=O)[O-])cc4[nH]3)=NN2)cc1. The van der Waals surface area contributed by atoms with Crippen molar-refractivity contribution >= 4 is 22.4 Å². The summed E-state index contributed by atoms with van der Waals surface area (Å²) in [5.74, 6) is 1.43. The molecule has 0 bridgehead atoms. The molecule has 0 fully saturated rings. The predicted molar refractivity (Wildman–Crippen MR) is 92.8 cm³/mol. The minimum atomic E-state index is -0.422. The third kappa shape index (κ3) is 2.78. The second-order valence-electron chi connectivity index (χ2n) is 5.76. The van der Waals surface area contributed by atoms with Gasteiger partial charge >= 0.3 is 0 Å². The van der Waals surface area contributed by atoms with E-state index < -0.39 is 4.92 Å². The van der Waals surface area contributed by atoms with Crippen molar-refractivity contribution in [1.29, 1.82) is 0 Å². The molecule has 8 heteroatoms. The summed E-state index contributed by atoms with van der Waals surface area (Å²) >= 11 is 0. The van der Waals surface area contributed by atoms with E-state index in [1.165, 1.54) is 12.1 Å². The summed E-state index contributed by atoms with van der Waals surface area (Å²) in [4.78, 5) is 18.1. The van der Waals surface area contributed by atoms with E-state index >= 15 is 0 Å². The molecule has 3 aromatic rings. The summed E-state index contributed by atoms with van der Waals surface area (Å²) in [7, 11) is 1.63. The lowest BCUT2D eigenvalue weighted by atomic mass is 10.0. The maximum absolute atomic E-state index is 10.9. The number of hydrogen-bond acceptors (Lipinski definition) is 6. The summed E-state index contributed by atoms with van der Waals surface area (Å²) in [5.41, 5.74) is 6.34. The Labute approximate surface area is 142 Å². The number of nitrogens with zero attached hydrogens (tertiary/aromatic N) is 3. The first kappa shape index (κ1) is 15.1. The van der Waals surface area contributed by atoms with E-state index in [1.807, 2.05) is 24.3 Å². The number of nitrogens with one attached hydrogen (secondary N) is 2. The fourth-order valence-corrected chi connectivity index (χ4v) is 2.87. The van der Waals surface area contributed by atoms with E-state index in [9.17, 15) is 10.1 Å². The number of fused-ring (bicyclic) bond motifs is 1. The average molecular weight is 337 g/mol. The summed E-state index contributed by atoms with van der Waals surface area (Å²) in [6, 6.07) is 12.4. The number of benzene rings is 2. The monoisotopic (exact) mass is 337 g/mol. The van der Waals surface area contributed by atoms with Crippen molar-refractivity contribution in [3.8, 4) is 5.75 Å². The van der Waals surface area contributed by atoms with E-state index in [-0.39, 0.29) is 11.7 Å². The number of non-ortho nitro benzene ring substituents is 1. The number of nitro groups is 1. The molecule has 2 aromatic carbocycles. The lowest BCUT2D eigenvalue weighted by Gasteiger charge is -2.10. The fourth-order valence-electron chi connectivity index (χ4n) is 2.87. The van der Waals surface area contributed by atoms with Gasteiger partial charge in [0.25, 0.3) is 5.69 Å². The van der Waals surface area contributed by atoms with Gasteiger partial charge in [-0.2, -0.15) is 5.10 Å². The van der Waals surface area contributed by atoms with Crippen LogP contribution in [0.3, 0.4) is 0 Å². The van der Waals surface area contributed by atoms with Gasteiger partial charge in [-0.3, -0.25) is 10.1 Å². The second kappa shape index (κ2) is 5.90. The first-order chi connectivity index (χ1) is 12.1. The summed E-state index contributed by atoms with van der Waals surface area (Å²) in [5, 5.41) is 15.2. The molecule has 0 saturated heterocycles. The highest BCUT2D eigenvalue weighted by Crippen LogP contribution is 2.26. The molecular weight excluding hydrogens is 322 g/mol. The van der Waals surface area contributed by atoms with Gasteiger partial charge in [0.05, 0.1) is 29.1 Å². The van der Waals surface area contributed by atoms with Crippen LogP contribution in [0.2, 0.25) is 0 Å². The first-order valence-electron chi connectivity index (χ1n) is 7.74. The van der Waals surface area contributed by atoms with Crippen molar-refractivity contribution in [3.63, 3.8) is 0 Å². The fraction of sp³-hybridized carbons (Fsp3) is 0.176. The van der Waals surface area contributed by atoms with Crippen LogP contribution in [-0.2, 0) is 0 Å². The Morgan fingerprint density at radius 1 is 1.24 bits per heavy atom. The van der Waals surface area contributed by atoms with E-state index in [1.54, 1.807) is 13.2 Å². The van der Waals surface area contributed by atoms with Gasteiger partial charge in [0, 0.05) is 18.6 Å². The topological polar surface area (TPSA) is 105 Å². The number of rotatable bonds is 4. The molecule has 0 spiro atoms. The standard InChI is InChI=1S/C17H15N5O3/c1-25-12-5-2-10(3-6-12)14-9-16(21-20-14)17-18-13-7-4-11(22(23)24)8-15(13)19-17/h2-8,14,20H,9H2,1H3,(H,18,19)/t14-/m0/s1. The largest absolute Gasteiger partial charge is 0.497 e. The van der Waals surface area contributed by atoms with Crippen LogP contribution < -0.4 is 10.2 Å². The van der Waals surface area contributed by atoms with Crippen LogP contribution in [0.4, 0.5) is 5.69 Å². The number of methoxy groups -OCH3 is 1. The Kier molecular flexibility index (Phi) is 3.57. The zero-order valence-electron chi connectivity index (χ0n) is 13.4. The third-order valence-electron chi connectivity index (χ3n) is 4.22. The molecule has 126 valence electrons. The number of nitro benzene ring substituents is 1. The van der Waals surface area contributed by atoms with Crippen LogP contribution in [0, 0.1) is 10.1 Å². The Balaban J connectivity index is 1.56. The number of hydrazone groups is 1. The Morgan fingerprint density at radius 3 is 2.76 bits per heavy atom. The van der Waals surface area contributed by atoms with Crippen LogP contribution in [0.15, 0.2) is 47.6 Å². The molecule has 0 amide bonds. The van der Waals surface area contributed by atoms with Gasteiger partial charge in [0.2, 0.25) is 0 Å². The van der Waals surface area contributed by atoms with Gasteiger partial charge < -0.3 is 15.1 Å². The summed E-state index contributed by atoms with van der Waals surface area (Å²) in [6.45, 7) is 0. The lowest BCUT2D eigenvalue weighted by molar-refractivity contribution is -0.384. The Hall–Kier alpha value is -3.42. The van der Waals surface area contributed by atoms with Crippen LogP contribution in [-0.4, -0.2) is 27.7 Å². The number of imidazole rings is 1. The van der Waals surface area contributed by atoms with Crippen LogP contribution in [0.1, 0.15) is 23.9 Å². The zero-order chi connectivity index (χ0) is 17.4. The van der Waals surface area contributed by atoms with Gasteiger partial charge in [-0.15, -0.1) is 0 Å². The smallest absolute Gasteiger partial charge is 0.271 e. The highest BCUT2D eigenvalue weighted by Gasteiger charge is 2.23. The minimum Gasteiger partial charge on any atom is -0.497 e. The van der Waals surface area contributed by atoms with Crippen molar-refractivity contribution in [1.82, 2.24) is 15.4 Å². The van der Waals surface area contributed by atoms with Crippen molar-refractivity contribution in [2.75, 3.05) is 7.11 Å². The molecule has 2 N–H and O–H groups in total. The number of hydrogen-bond donors (Lipinski definition) is 2. The summed E-state index contributed by atoms with van der Waals surface area (Å²) < 4.78 is 5.17. The minimum absolute atomic E-state index is 0.0327. The van der Waals surface area contributed by atoms with E-state index in [4.69, 9.17) is 4.74 Å². The van der Waals surface area contributed by atoms with Gasteiger partial charge in [0.15, 0.2) is 5.82 Å². The molecule has 2 heterocycles. The van der Waals surface area contributed by atoms with E-state index in [2.05, 4.69) is 20.5 Å². The van der Waals surface area contributed by atoms with Gasteiger partial charge in [-0.1, -0.05) is 12.1 Å². The highest BCUT2D eigenvalue weighted by molar-refractivity contribution is 6.01. The van der Waals surface area contributed by atoms with Gasteiger partial charge in [-0.25, -0.2) is 4.98 Å². The van der Waals surface area contributed by atoms with Crippen molar-refractivity contribution < 1.29 is 9.66 Å². The molecule has 1 atom stereocenters. The quantitative estimate of drug-likeness (QED) is 0.562. The maximum Gasteiger partial charge on any atom is 0.271 e.